The van der Waals surface area contributed by atoms with Crippen LogP contribution in [0.25, 0.3) is 0 Å². The van der Waals surface area contributed by atoms with E-state index < -0.39 is 0 Å². The van der Waals surface area contributed by atoms with Crippen LogP contribution in [0.2, 0.25) is 10.0 Å². The molecule has 0 aliphatic carbocycles. The molecule has 2 aromatic rings. The fourth-order valence-electron chi connectivity index (χ4n) is 1.83. The highest BCUT2D eigenvalue weighted by molar-refractivity contribution is 7.80. The maximum absolute atomic E-state index is 6.18. The molecule has 0 radical (unpaired) electrons. The first kappa shape index (κ1) is 16.1. The zero-order valence-electron chi connectivity index (χ0n) is 11.9. The third-order valence-corrected chi connectivity index (χ3v) is 4.07. The molecular formula is C16H16Cl2N2S. The van der Waals surface area contributed by atoms with Crippen molar-refractivity contribution in [2.24, 2.45) is 0 Å². The van der Waals surface area contributed by atoms with Crippen LogP contribution in [-0.2, 0) is 6.54 Å². The lowest BCUT2D eigenvalue weighted by Crippen LogP contribution is -2.30. The van der Waals surface area contributed by atoms with E-state index in [2.05, 4.69) is 12.2 Å². The van der Waals surface area contributed by atoms with Gasteiger partial charge in [0.25, 0.3) is 0 Å². The molecule has 0 spiro atoms. The molecule has 0 unspecified atom stereocenters. The van der Waals surface area contributed by atoms with Crippen LogP contribution >= 0.6 is 35.4 Å². The van der Waals surface area contributed by atoms with Crippen molar-refractivity contribution >= 4 is 46.2 Å². The van der Waals surface area contributed by atoms with Crippen LogP contribution < -0.4 is 5.32 Å². The fourth-order valence-corrected chi connectivity index (χ4v) is 2.48. The third kappa shape index (κ3) is 4.60. The Labute approximate surface area is 140 Å². The summed E-state index contributed by atoms with van der Waals surface area (Å²) in [6.07, 6.45) is 0. The number of nitrogens with one attached hydrogen (secondary N) is 1. The third-order valence-electron chi connectivity index (χ3n) is 3.07. The van der Waals surface area contributed by atoms with Gasteiger partial charge in [-0.15, -0.1) is 0 Å². The maximum atomic E-state index is 6.18. The summed E-state index contributed by atoms with van der Waals surface area (Å²) in [6, 6.07) is 13.6. The van der Waals surface area contributed by atoms with Crippen molar-refractivity contribution in [1.29, 1.82) is 0 Å². The number of thiocarbonyl (C=S) groups is 1. The van der Waals surface area contributed by atoms with E-state index in [0.29, 0.717) is 21.7 Å². The predicted molar refractivity (Wildman–Crippen MR) is 95.3 cm³/mol. The summed E-state index contributed by atoms with van der Waals surface area (Å²) in [5, 5.41) is 5.13. The average molecular weight is 339 g/mol. The molecule has 0 heterocycles. The van der Waals surface area contributed by atoms with Crippen molar-refractivity contribution in [3.8, 4) is 0 Å². The maximum Gasteiger partial charge on any atom is 0.173 e. The Hall–Kier alpha value is -1.29. The Balaban J connectivity index is 2.00. The average Bonchev–Trinajstić information content (AvgIpc) is 2.44. The van der Waals surface area contributed by atoms with Crippen molar-refractivity contribution in [3.05, 3.63) is 63.6 Å². The second-order valence-electron chi connectivity index (χ2n) is 4.89. The van der Waals surface area contributed by atoms with Gasteiger partial charge in [0.05, 0.1) is 0 Å². The van der Waals surface area contributed by atoms with Crippen molar-refractivity contribution in [2.45, 2.75) is 13.5 Å². The SMILES string of the molecule is Cc1ccc(NC(=S)N(C)Cc2ccc(Cl)cc2Cl)cc1. The molecule has 0 amide bonds. The van der Waals surface area contributed by atoms with Gasteiger partial charge in [0.2, 0.25) is 0 Å². The Morgan fingerprint density at radius 1 is 1.14 bits per heavy atom. The summed E-state index contributed by atoms with van der Waals surface area (Å²) in [4.78, 5) is 1.93. The minimum atomic E-state index is 0.619. The number of halogens is 2. The number of nitrogens with zero attached hydrogens (tertiary/aromatic N) is 1. The smallest absolute Gasteiger partial charge is 0.173 e. The van der Waals surface area contributed by atoms with E-state index in [-0.39, 0.29) is 0 Å². The lowest BCUT2D eigenvalue weighted by Gasteiger charge is -2.21. The molecule has 0 atom stereocenters. The van der Waals surface area contributed by atoms with Crippen LogP contribution in [0.3, 0.4) is 0 Å². The summed E-state index contributed by atoms with van der Waals surface area (Å²) in [5.41, 5.74) is 3.17. The van der Waals surface area contributed by atoms with E-state index >= 15 is 0 Å². The first-order chi connectivity index (χ1) is 9.95. The first-order valence-electron chi connectivity index (χ1n) is 6.48. The monoisotopic (exact) mass is 338 g/mol. The molecule has 0 bridgehead atoms. The van der Waals surface area contributed by atoms with E-state index in [1.165, 1.54) is 5.56 Å². The number of anilines is 1. The van der Waals surface area contributed by atoms with E-state index in [1.54, 1.807) is 6.07 Å². The van der Waals surface area contributed by atoms with Crippen LogP contribution in [0, 0.1) is 6.92 Å². The Morgan fingerprint density at radius 3 is 2.43 bits per heavy atom. The Bertz CT molecular complexity index is 641. The van der Waals surface area contributed by atoms with E-state index in [9.17, 15) is 0 Å². The molecule has 21 heavy (non-hydrogen) atoms. The normalized spacial score (nSPS) is 10.3. The van der Waals surface area contributed by atoms with Gasteiger partial charge >= 0.3 is 0 Å². The standard InChI is InChI=1S/C16H16Cl2N2S/c1-11-3-7-14(8-4-11)19-16(21)20(2)10-12-5-6-13(17)9-15(12)18/h3-9H,10H2,1-2H3,(H,19,21). The molecule has 1 N–H and O–H groups in total. The predicted octanol–water partition coefficient (Wildman–Crippen LogP) is 5.13. The van der Waals surface area contributed by atoms with Gasteiger partial charge in [-0.25, -0.2) is 0 Å². The number of hydrogen-bond acceptors (Lipinski definition) is 1. The molecule has 0 saturated heterocycles. The summed E-state index contributed by atoms with van der Waals surface area (Å²) >= 11 is 17.5. The van der Waals surface area contributed by atoms with Crippen LogP contribution in [0.1, 0.15) is 11.1 Å². The molecule has 0 fully saturated rings. The summed E-state index contributed by atoms with van der Waals surface area (Å²) in [5.74, 6) is 0. The highest BCUT2D eigenvalue weighted by Gasteiger charge is 2.08. The van der Waals surface area contributed by atoms with Gasteiger partial charge in [-0.2, -0.15) is 0 Å². The lowest BCUT2D eigenvalue weighted by molar-refractivity contribution is 0.508. The molecular weight excluding hydrogens is 323 g/mol. The molecule has 0 aromatic heterocycles. The van der Waals surface area contributed by atoms with Gasteiger partial charge < -0.3 is 10.2 Å². The minimum absolute atomic E-state index is 0.619. The fraction of sp³-hybridized carbons (Fsp3) is 0.188. The van der Waals surface area contributed by atoms with Crippen molar-refractivity contribution in [2.75, 3.05) is 12.4 Å². The number of hydrogen-bond donors (Lipinski definition) is 1. The first-order valence-corrected chi connectivity index (χ1v) is 7.65. The van der Waals surface area contributed by atoms with Gasteiger partial charge in [-0.05, 0) is 49.0 Å². The zero-order chi connectivity index (χ0) is 15.4. The van der Waals surface area contributed by atoms with Gasteiger partial charge in [0.15, 0.2) is 5.11 Å². The van der Waals surface area contributed by atoms with Crippen LogP contribution in [0.15, 0.2) is 42.5 Å². The second-order valence-corrected chi connectivity index (χ2v) is 6.12. The summed E-state index contributed by atoms with van der Waals surface area (Å²) in [7, 11) is 1.93. The molecule has 2 nitrogen and oxygen atoms in total. The van der Waals surface area contributed by atoms with Gasteiger partial charge in [-0.1, -0.05) is 47.0 Å². The minimum Gasteiger partial charge on any atom is -0.348 e. The van der Waals surface area contributed by atoms with Crippen LogP contribution in [-0.4, -0.2) is 17.1 Å². The number of aryl methyl sites for hydroxylation is 1. The van der Waals surface area contributed by atoms with E-state index in [4.69, 9.17) is 35.4 Å². The molecule has 2 rings (SSSR count). The lowest BCUT2D eigenvalue weighted by atomic mass is 10.2. The number of benzene rings is 2. The molecule has 0 aliphatic rings. The van der Waals surface area contributed by atoms with E-state index in [1.807, 2.05) is 48.3 Å². The summed E-state index contributed by atoms with van der Waals surface area (Å²) in [6.45, 7) is 2.67. The Kier molecular flexibility index (Phi) is 5.45. The molecule has 110 valence electrons. The molecule has 5 heteroatoms. The molecule has 0 aliphatic heterocycles. The molecule has 2 aromatic carbocycles. The van der Waals surface area contributed by atoms with Crippen molar-refractivity contribution in [1.82, 2.24) is 4.90 Å². The van der Waals surface area contributed by atoms with Crippen LogP contribution in [0.4, 0.5) is 5.69 Å². The van der Waals surface area contributed by atoms with Crippen molar-refractivity contribution < 1.29 is 0 Å². The topological polar surface area (TPSA) is 15.3 Å². The largest absolute Gasteiger partial charge is 0.348 e. The van der Waals surface area contributed by atoms with Gasteiger partial charge in [0, 0.05) is 29.3 Å². The molecule has 0 saturated carbocycles. The highest BCUT2D eigenvalue weighted by Crippen LogP contribution is 2.22. The van der Waals surface area contributed by atoms with Crippen molar-refractivity contribution in [3.63, 3.8) is 0 Å². The second kappa shape index (κ2) is 7.12. The zero-order valence-corrected chi connectivity index (χ0v) is 14.2. The highest BCUT2D eigenvalue weighted by atomic mass is 35.5. The van der Waals surface area contributed by atoms with Gasteiger partial charge in [-0.3, -0.25) is 0 Å². The van der Waals surface area contributed by atoms with E-state index in [0.717, 1.165) is 11.3 Å². The van der Waals surface area contributed by atoms with Gasteiger partial charge in [0.1, 0.15) is 0 Å². The number of rotatable bonds is 3. The quantitative estimate of drug-likeness (QED) is 0.781. The Morgan fingerprint density at radius 2 is 1.81 bits per heavy atom. The summed E-state index contributed by atoms with van der Waals surface area (Å²) < 4.78 is 0. The van der Waals surface area contributed by atoms with Crippen LogP contribution in [0.5, 0.6) is 0 Å².